The normalized spacial score (nSPS) is 9.93. The van der Waals surface area contributed by atoms with Gasteiger partial charge in [0.25, 0.3) is 5.91 Å². The van der Waals surface area contributed by atoms with Gasteiger partial charge >= 0.3 is 0 Å². The molecule has 15 heavy (non-hydrogen) atoms. The van der Waals surface area contributed by atoms with E-state index in [2.05, 4.69) is 21.2 Å². The number of hydrogen-bond donors (Lipinski definition) is 2. The molecule has 0 unspecified atom stereocenters. The van der Waals surface area contributed by atoms with E-state index in [1.54, 1.807) is 6.07 Å². The van der Waals surface area contributed by atoms with Crippen LogP contribution in [0.1, 0.15) is 22.5 Å². The first-order valence-electron chi connectivity index (χ1n) is 4.41. The minimum atomic E-state index is -0.0476. The Bertz CT molecular complexity index is 365. The number of nitrogens with one attached hydrogen (secondary N) is 1. The smallest absolute Gasteiger partial charge is 0.261 e. The molecular formula is C9H11BrN2OS2. The Balaban J connectivity index is 2.28. The molecule has 1 aromatic rings. The van der Waals surface area contributed by atoms with Crippen LogP contribution in [0, 0.1) is 0 Å². The molecule has 0 aliphatic heterocycles. The van der Waals surface area contributed by atoms with Crippen LogP contribution in [0.5, 0.6) is 0 Å². The first-order chi connectivity index (χ1) is 7.09. The number of thiocarbonyl (C=S) groups is 1. The van der Waals surface area contributed by atoms with Crippen molar-refractivity contribution < 1.29 is 4.79 Å². The molecule has 1 rings (SSSR count). The lowest BCUT2D eigenvalue weighted by Gasteiger charge is -2.02. The summed E-state index contributed by atoms with van der Waals surface area (Å²) in [6.07, 6.45) is 1.46. The minimum absolute atomic E-state index is 0.0476. The molecule has 0 spiro atoms. The molecule has 0 atom stereocenters. The van der Waals surface area contributed by atoms with Crippen LogP contribution < -0.4 is 11.1 Å². The van der Waals surface area contributed by atoms with E-state index in [9.17, 15) is 4.79 Å². The van der Waals surface area contributed by atoms with Crippen LogP contribution in [-0.4, -0.2) is 17.4 Å². The van der Waals surface area contributed by atoms with Gasteiger partial charge in [-0.2, -0.15) is 0 Å². The highest BCUT2D eigenvalue weighted by Crippen LogP contribution is 2.21. The molecule has 82 valence electrons. The lowest BCUT2D eigenvalue weighted by Crippen LogP contribution is -2.24. The molecule has 0 saturated heterocycles. The van der Waals surface area contributed by atoms with E-state index in [0.29, 0.717) is 22.8 Å². The first-order valence-corrected chi connectivity index (χ1v) is 6.43. The molecule has 0 aliphatic carbocycles. The number of rotatable bonds is 5. The summed E-state index contributed by atoms with van der Waals surface area (Å²) in [6, 6.07) is 3.65. The summed E-state index contributed by atoms with van der Waals surface area (Å²) in [5.74, 6) is -0.0476. The van der Waals surface area contributed by atoms with Crippen LogP contribution in [-0.2, 0) is 0 Å². The molecule has 0 bridgehead atoms. The molecule has 0 radical (unpaired) electrons. The predicted molar refractivity (Wildman–Crippen MR) is 70.4 cm³/mol. The molecule has 3 nitrogen and oxygen atoms in total. The molecule has 6 heteroatoms. The van der Waals surface area contributed by atoms with E-state index in [1.165, 1.54) is 11.3 Å². The molecule has 0 saturated carbocycles. The van der Waals surface area contributed by atoms with Crippen LogP contribution in [0.25, 0.3) is 0 Å². The quantitative estimate of drug-likeness (QED) is 0.648. The van der Waals surface area contributed by atoms with Crippen molar-refractivity contribution in [2.45, 2.75) is 12.8 Å². The summed E-state index contributed by atoms with van der Waals surface area (Å²) in [7, 11) is 0. The number of amides is 1. The van der Waals surface area contributed by atoms with Crippen LogP contribution >= 0.6 is 39.5 Å². The number of carbonyl (C=O) groups excluding carboxylic acids is 1. The van der Waals surface area contributed by atoms with Gasteiger partial charge in [-0.3, -0.25) is 4.79 Å². The van der Waals surface area contributed by atoms with Crippen molar-refractivity contribution in [3.8, 4) is 0 Å². The first kappa shape index (κ1) is 12.6. The van der Waals surface area contributed by atoms with Gasteiger partial charge in [-0.1, -0.05) is 12.2 Å². The molecule has 1 amide bonds. The Morgan fingerprint density at radius 1 is 1.60 bits per heavy atom. The van der Waals surface area contributed by atoms with E-state index in [-0.39, 0.29) is 5.91 Å². The van der Waals surface area contributed by atoms with E-state index in [1.807, 2.05) is 6.07 Å². The van der Waals surface area contributed by atoms with Gasteiger partial charge in [0.1, 0.15) is 0 Å². The Hall–Kier alpha value is -0.460. The topological polar surface area (TPSA) is 55.1 Å². The molecule has 1 aromatic heterocycles. The van der Waals surface area contributed by atoms with Crippen molar-refractivity contribution in [3.05, 3.63) is 20.8 Å². The third-order valence-corrected chi connectivity index (χ3v) is 3.51. The van der Waals surface area contributed by atoms with Crippen molar-refractivity contribution in [2.24, 2.45) is 5.73 Å². The van der Waals surface area contributed by atoms with E-state index < -0.39 is 0 Å². The van der Waals surface area contributed by atoms with Crippen molar-refractivity contribution in [2.75, 3.05) is 6.54 Å². The van der Waals surface area contributed by atoms with Crippen molar-refractivity contribution in [3.63, 3.8) is 0 Å². The highest BCUT2D eigenvalue weighted by Gasteiger charge is 2.06. The van der Waals surface area contributed by atoms with Gasteiger partial charge in [-0.05, 0) is 40.9 Å². The van der Waals surface area contributed by atoms with Gasteiger partial charge in [0, 0.05) is 6.54 Å². The summed E-state index contributed by atoms with van der Waals surface area (Å²) in [4.78, 5) is 12.7. The summed E-state index contributed by atoms with van der Waals surface area (Å²) in [6.45, 7) is 0.603. The van der Waals surface area contributed by atoms with Crippen molar-refractivity contribution in [1.82, 2.24) is 5.32 Å². The fraction of sp³-hybridized carbons (Fsp3) is 0.333. The Morgan fingerprint density at radius 2 is 2.33 bits per heavy atom. The SMILES string of the molecule is NC(=S)CCCNC(=O)c1ccc(Br)s1. The predicted octanol–water partition coefficient (Wildman–Crippen LogP) is 2.31. The number of thiophene rings is 1. The maximum absolute atomic E-state index is 11.5. The Labute approximate surface area is 106 Å². The summed E-state index contributed by atoms with van der Waals surface area (Å²) >= 11 is 9.45. The largest absolute Gasteiger partial charge is 0.393 e. The van der Waals surface area contributed by atoms with E-state index >= 15 is 0 Å². The zero-order valence-electron chi connectivity index (χ0n) is 7.96. The Morgan fingerprint density at radius 3 is 2.87 bits per heavy atom. The third-order valence-electron chi connectivity index (χ3n) is 1.68. The van der Waals surface area contributed by atoms with Crippen LogP contribution in [0.2, 0.25) is 0 Å². The summed E-state index contributed by atoms with van der Waals surface area (Å²) < 4.78 is 0.954. The average Bonchev–Trinajstić information content (AvgIpc) is 2.59. The summed E-state index contributed by atoms with van der Waals surface area (Å²) in [5.41, 5.74) is 5.34. The minimum Gasteiger partial charge on any atom is -0.393 e. The van der Waals surface area contributed by atoms with E-state index in [0.717, 1.165) is 10.2 Å². The second-order valence-electron chi connectivity index (χ2n) is 2.93. The van der Waals surface area contributed by atoms with Gasteiger partial charge in [0.2, 0.25) is 0 Å². The molecule has 0 aromatic carbocycles. The van der Waals surface area contributed by atoms with Gasteiger partial charge in [-0.25, -0.2) is 0 Å². The third kappa shape index (κ3) is 4.72. The molecule has 3 N–H and O–H groups in total. The second kappa shape index (κ2) is 6.19. The monoisotopic (exact) mass is 306 g/mol. The van der Waals surface area contributed by atoms with Gasteiger partial charge in [-0.15, -0.1) is 11.3 Å². The lowest BCUT2D eigenvalue weighted by molar-refractivity contribution is 0.0957. The zero-order chi connectivity index (χ0) is 11.3. The zero-order valence-corrected chi connectivity index (χ0v) is 11.2. The number of carbonyl (C=O) groups is 1. The molecule has 0 aliphatic rings. The summed E-state index contributed by atoms with van der Waals surface area (Å²) in [5, 5.41) is 2.80. The molecular weight excluding hydrogens is 296 g/mol. The number of halogens is 1. The average molecular weight is 307 g/mol. The highest BCUT2D eigenvalue weighted by molar-refractivity contribution is 9.11. The van der Waals surface area contributed by atoms with Crippen molar-refractivity contribution >= 4 is 50.4 Å². The Kier molecular flexibility index (Phi) is 5.21. The fourth-order valence-electron chi connectivity index (χ4n) is 0.988. The van der Waals surface area contributed by atoms with Gasteiger partial charge < -0.3 is 11.1 Å². The highest BCUT2D eigenvalue weighted by atomic mass is 79.9. The maximum atomic E-state index is 11.5. The molecule has 1 heterocycles. The standard InChI is InChI=1S/C9H11BrN2OS2/c10-7-4-3-6(15-7)9(13)12-5-1-2-8(11)14/h3-4H,1-2,5H2,(H2,11,14)(H,12,13). The van der Waals surface area contributed by atoms with Gasteiger partial charge in [0.05, 0.1) is 13.7 Å². The maximum Gasteiger partial charge on any atom is 0.261 e. The number of hydrogen-bond acceptors (Lipinski definition) is 3. The van der Waals surface area contributed by atoms with Crippen molar-refractivity contribution in [1.29, 1.82) is 0 Å². The van der Waals surface area contributed by atoms with E-state index in [4.69, 9.17) is 18.0 Å². The van der Waals surface area contributed by atoms with Crippen LogP contribution in [0.15, 0.2) is 15.9 Å². The van der Waals surface area contributed by atoms with Crippen LogP contribution in [0.3, 0.4) is 0 Å². The fourth-order valence-corrected chi connectivity index (χ4v) is 2.43. The van der Waals surface area contributed by atoms with Gasteiger partial charge in [0.15, 0.2) is 0 Å². The lowest BCUT2D eigenvalue weighted by atomic mass is 10.3. The molecule has 0 fully saturated rings. The second-order valence-corrected chi connectivity index (χ2v) is 5.92. The van der Waals surface area contributed by atoms with Crippen LogP contribution in [0.4, 0.5) is 0 Å². The number of nitrogens with two attached hydrogens (primary N) is 1.